The molecule has 1 unspecified atom stereocenters. The first-order chi connectivity index (χ1) is 9.97. The van der Waals surface area contributed by atoms with Gasteiger partial charge in [0, 0.05) is 12.8 Å². The van der Waals surface area contributed by atoms with Crippen molar-refractivity contribution in [3.63, 3.8) is 0 Å². The van der Waals surface area contributed by atoms with Crippen molar-refractivity contribution >= 4 is 16.7 Å². The van der Waals surface area contributed by atoms with E-state index in [9.17, 15) is 13.4 Å². The third-order valence-electron chi connectivity index (χ3n) is 2.88. The van der Waals surface area contributed by atoms with E-state index in [-0.39, 0.29) is 30.0 Å². The Kier molecular flexibility index (Phi) is 4.79. The minimum Gasteiger partial charge on any atom is -0.350 e. The molecule has 0 aliphatic rings. The maximum atomic E-state index is 13.4. The Bertz CT molecular complexity index is 687. The SMILES string of the molecule is Cc1ccc(CNC(=O)Cn2cnnc2S(C)=O)cc1F. The molecule has 0 fully saturated rings. The Labute approximate surface area is 123 Å². The van der Waals surface area contributed by atoms with Gasteiger partial charge in [-0.15, -0.1) is 10.2 Å². The van der Waals surface area contributed by atoms with Crippen LogP contribution in [-0.2, 0) is 28.7 Å². The molecular formula is C13H15FN4O2S. The summed E-state index contributed by atoms with van der Waals surface area (Å²) in [6.45, 7) is 1.87. The molecule has 1 N–H and O–H groups in total. The van der Waals surface area contributed by atoms with Gasteiger partial charge in [0.25, 0.3) is 0 Å². The molecule has 2 aromatic rings. The lowest BCUT2D eigenvalue weighted by molar-refractivity contribution is -0.121. The molecule has 1 heterocycles. The monoisotopic (exact) mass is 310 g/mol. The van der Waals surface area contributed by atoms with Crippen molar-refractivity contribution in [1.82, 2.24) is 20.1 Å². The Balaban J connectivity index is 1.94. The number of carbonyl (C=O) groups excluding carboxylic acids is 1. The Hall–Kier alpha value is -2.09. The Morgan fingerprint density at radius 3 is 2.90 bits per heavy atom. The number of benzene rings is 1. The first kappa shape index (κ1) is 15.3. The van der Waals surface area contributed by atoms with Gasteiger partial charge in [0.15, 0.2) is 0 Å². The fourth-order valence-corrected chi connectivity index (χ4v) is 2.34. The summed E-state index contributed by atoms with van der Waals surface area (Å²) in [6.07, 6.45) is 2.81. The van der Waals surface area contributed by atoms with Gasteiger partial charge in [0.05, 0.1) is 10.8 Å². The second-order valence-corrected chi connectivity index (χ2v) is 5.83. The van der Waals surface area contributed by atoms with Gasteiger partial charge >= 0.3 is 0 Å². The molecule has 0 aliphatic heterocycles. The number of hydrogen-bond donors (Lipinski definition) is 1. The molecule has 0 saturated heterocycles. The van der Waals surface area contributed by atoms with Crippen molar-refractivity contribution in [1.29, 1.82) is 0 Å². The molecule has 0 radical (unpaired) electrons. The molecule has 1 atom stereocenters. The number of carbonyl (C=O) groups is 1. The van der Waals surface area contributed by atoms with Crippen LogP contribution in [0.2, 0.25) is 0 Å². The molecule has 0 aliphatic carbocycles. The van der Waals surface area contributed by atoms with Crippen LogP contribution in [0.3, 0.4) is 0 Å². The molecule has 1 amide bonds. The van der Waals surface area contributed by atoms with Crippen LogP contribution in [0.4, 0.5) is 4.39 Å². The molecule has 21 heavy (non-hydrogen) atoms. The maximum absolute atomic E-state index is 13.4. The summed E-state index contributed by atoms with van der Waals surface area (Å²) in [7, 11) is -1.31. The minimum absolute atomic E-state index is 0.0315. The Morgan fingerprint density at radius 2 is 2.24 bits per heavy atom. The van der Waals surface area contributed by atoms with E-state index in [4.69, 9.17) is 0 Å². The van der Waals surface area contributed by atoms with Crippen LogP contribution >= 0.6 is 0 Å². The third-order valence-corrected chi connectivity index (χ3v) is 3.71. The normalized spacial score (nSPS) is 12.1. The fraction of sp³-hybridized carbons (Fsp3) is 0.308. The number of halogens is 1. The molecule has 0 spiro atoms. The van der Waals surface area contributed by atoms with Crippen LogP contribution < -0.4 is 5.32 Å². The third kappa shape index (κ3) is 3.94. The lowest BCUT2D eigenvalue weighted by Crippen LogP contribution is -2.27. The van der Waals surface area contributed by atoms with Gasteiger partial charge in [-0.25, -0.2) is 4.39 Å². The number of amides is 1. The topological polar surface area (TPSA) is 76.9 Å². The molecule has 1 aromatic heterocycles. The Morgan fingerprint density at radius 1 is 1.48 bits per heavy atom. The summed E-state index contributed by atoms with van der Waals surface area (Å²) in [5.74, 6) is -0.591. The van der Waals surface area contributed by atoms with Gasteiger partial charge in [-0.05, 0) is 24.1 Å². The first-order valence-electron chi connectivity index (χ1n) is 6.20. The zero-order chi connectivity index (χ0) is 15.4. The molecule has 0 saturated carbocycles. The first-order valence-corrected chi connectivity index (χ1v) is 7.76. The van der Waals surface area contributed by atoms with Crippen molar-refractivity contribution < 1.29 is 13.4 Å². The number of nitrogens with one attached hydrogen (secondary N) is 1. The van der Waals surface area contributed by atoms with Gasteiger partial charge in [0.1, 0.15) is 18.7 Å². The van der Waals surface area contributed by atoms with Crippen molar-refractivity contribution in [2.75, 3.05) is 6.26 Å². The van der Waals surface area contributed by atoms with Crippen molar-refractivity contribution in [3.05, 3.63) is 41.5 Å². The standard InChI is InChI=1S/C13H15FN4O2S/c1-9-3-4-10(5-11(9)14)6-15-12(19)7-18-8-16-17-13(18)21(2)20/h3-5,8H,6-7H2,1-2H3,(H,15,19). The van der Waals surface area contributed by atoms with Crippen LogP contribution in [0, 0.1) is 12.7 Å². The highest BCUT2D eigenvalue weighted by molar-refractivity contribution is 7.84. The highest BCUT2D eigenvalue weighted by Gasteiger charge is 2.11. The van der Waals surface area contributed by atoms with E-state index in [1.165, 1.54) is 23.2 Å². The van der Waals surface area contributed by atoms with Crippen LogP contribution in [-0.4, -0.2) is 31.1 Å². The molecule has 1 aromatic carbocycles. The highest BCUT2D eigenvalue weighted by Crippen LogP contribution is 2.09. The molecule has 8 heteroatoms. The van der Waals surface area contributed by atoms with Gasteiger partial charge in [-0.3, -0.25) is 13.6 Å². The number of aryl methyl sites for hydroxylation is 1. The van der Waals surface area contributed by atoms with Crippen LogP contribution in [0.15, 0.2) is 29.7 Å². The molecule has 2 rings (SSSR count). The second kappa shape index (κ2) is 6.57. The number of hydrogen-bond acceptors (Lipinski definition) is 4. The predicted molar refractivity (Wildman–Crippen MR) is 75.3 cm³/mol. The highest BCUT2D eigenvalue weighted by atomic mass is 32.2. The lowest BCUT2D eigenvalue weighted by atomic mass is 10.1. The van der Waals surface area contributed by atoms with E-state index in [0.717, 1.165) is 0 Å². The van der Waals surface area contributed by atoms with E-state index in [1.807, 2.05) is 0 Å². The van der Waals surface area contributed by atoms with E-state index < -0.39 is 10.8 Å². The van der Waals surface area contributed by atoms with E-state index >= 15 is 0 Å². The zero-order valence-electron chi connectivity index (χ0n) is 11.7. The molecular weight excluding hydrogens is 295 g/mol. The van der Waals surface area contributed by atoms with Crippen LogP contribution in [0.1, 0.15) is 11.1 Å². The van der Waals surface area contributed by atoms with E-state index in [0.29, 0.717) is 11.1 Å². The maximum Gasteiger partial charge on any atom is 0.240 e. The van der Waals surface area contributed by atoms with Gasteiger partial charge < -0.3 is 5.32 Å². The summed E-state index contributed by atoms with van der Waals surface area (Å²) in [6, 6.07) is 4.81. The van der Waals surface area contributed by atoms with Gasteiger partial charge in [-0.1, -0.05) is 12.1 Å². The second-order valence-electron chi connectivity index (χ2n) is 4.56. The molecule has 112 valence electrons. The summed E-state index contributed by atoms with van der Waals surface area (Å²) in [4.78, 5) is 11.8. The number of nitrogens with zero attached hydrogens (tertiary/aromatic N) is 3. The average molecular weight is 310 g/mol. The zero-order valence-corrected chi connectivity index (χ0v) is 12.5. The van der Waals surface area contributed by atoms with Crippen LogP contribution in [0.25, 0.3) is 0 Å². The average Bonchev–Trinajstić information content (AvgIpc) is 2.88. The van der Waals surface area contributed by atoms with Crippen molar-refractivity contribution in [3.8, 4) is 0 Å². The van der Waals surface area contributed by atoms with Gasteiger partial charge in [0.2, 0.25) is 11.1 Å². The minimum atomic E-state index is -1.31. The molecule has 6 nitrogen and oxygen atoms in total. The summed E-state index contributed by atoms with van der Waals surface area (Å²) < 4.78 is 26.2. The van der Waals surface area contributed by atoms with Crippen molar-refractivity contribution in [2.24, 2.45) is 0 Å². The number of aromatic nitrogens is 3. The summed E-state index contributed by atoms with van der Waals surface area (Å²) in [5, 5.41) is 10.2. The predicted octanol–water partition coefficient (Wildman–Crippen LogP) is 0.779. The largest absolute Gasteiger partial charge is 0.350 e. The smallest absolute Gasteiger partial charge is 0.240 e. The lowest BCUT2D eigenvalue weighted by Gasteiger charge is -2.07. The summed E-state index contributed by atoms with van der Waals surface area (Å²) >= 11 is 0. The van der Waals surface area contributed by atoms with E-state index in [2.05, 4.69) is 15.5 Å². The van der Waals surface area contributed by atoms with Gasteiger partial charge in [-0.2, -0.15) is 0 Å². The number of rotatable bonds is 5. The quantitative estimate of drug-likeness (QED) is 0.885. The fourth-order valence-electron chi connectivity index (χ4n) is 1.73. The summed E-state index contributed by atoms with van der Waals surface area (Å²) in [5.41, 5.74) is 1.24. The molecule has 0 bridgehead atoms. The van der Waals surface area contributed by atoms with Crippen LogP contribution in [0.5, 0.6) is 0 Å². The van der Waals surface area contributed by atoms with E-state index in [1.54, 1.807) is 19.1 Å². The van der Waals surface area contributed by atoms with Crippen molar-refractivity contribution in [2.45, 2.75) is 25.2 Å².